The van der Waals surface area contributed by atoms with Gasteiger partial charge in [0.25, 0.3) is 5.91 Å². The molecule has 1 atom stereocenters. The molecule has 2 aromatic heterocycles. The molecule has 170 valence electrons. The van der Waals surface area contributed by atoms with Crippen molar-refractivity contribution in [3.8, 4) is 0 Å². The minimum Gasteiger partial charge on any atom is -0.447 e. The Balaban J connectivity index is 1.36. The van der Waals surface area contributed by atoms with Crippen molar-refractivity contribution in [3.63, 3.8) is 0 Å². The fourth-order valence-electron chi connectivity index (χ4n) is 4.26. The highest BCUT2D eigenvalue weighted by Gasteiger charge is 2.23. The summed E-state index contributed by atoms with van der Waals surface area (Å²) < 4.78 is 7.74. The fourth-order valence-corrected chi connectivity index (χ4v) is 4.26. The number of hydrogen-bond acceptors (Lipinski definition) is 5. The molecule has 0 saturated heterocycles. The molecule has 0 radical (unpaired) electrons. The van der Waals surface area contributed by atoms with E-state index < -0.39 is 12.1 Å². The topological polar surface area (TPSA) is 86.1 Å². The van der Waals surface area contributed by atoms with E-state index in [9.17, 15) is 9.59 Å². The summed E-state index contributed by atoms with van der Waals surface area (Å²) >= 11 is 0. The molecular formula is C27H24N4O3. The quantitative estimate of drug-likeness (QED) is 0.352. The zero-order chi connectivity index (χ0) is 23.7. The number of nitrogens with one attached hydrogen (secondary N) is 1. The number of hydrogen-bond donors (Lipinski definition) is 1. The Morgan fingerprint density at radius 2 is 1.68 bits per heavy atom. The Kier molecular flexibility index (Phi) is 5.67. The van der Waals surface area contributed by atoms with E-state index in [2.05, 4.69) is 38.9 Å². The van der Waals surface area contributed by atoms with Crippen LogP contribution >= 0.6 is 0 Å². The van der Waals surface area contributed by atoms with Crippen molar-refractivity contribution < 1.29 is 14.3 Å². The first-order valence-electron chi connectivity index (χ1n) is 11.3. The first kappa shape index (κ1) is 21.6. The molecule has 0 saturated carbocycles. The van der Waals surface area contributed by atoms with Crippen molar-refractivity contribution in [2.75, 3.05) is 5.32 Å². The molecule has 1 N–H and O–H groups in total. The third-order valence-electron chi connectivity index (χ3n) is 5.93. The van der Waals surface area contributed by atoms with Crippen LogP contribution in [0.25, 0.3) is 32.8 Å². The molecule has 3 aromatic carbocycles. The highest BCUT2D eigenvalue weighted by molar-refractivity contribution is 6.10. The Hall–Kier alpha value is -4.26. The number of aryl methyl sites for hydroxylation is 1. The molecule has 0 fully saturated rings. The van der Waals surface area contributed by atoms with E-state index in [0.29, 0.717) is 23.1 Å². The predicted octanol–water partition coefficient (Wildman–Crippen LogP) is 5.33. The first-order chi connectivity index (χ1) is 16.6. The number of fused-ring (bicyclic) bond motifs is 4. The van der Waals surface area contributed by atoms with Crippen LogP contribution in [0.1, 0.15) is 30.8 Å². The van der Waals surface area contributed by atoms with Gasteiger partial charge < -0.3 is 14.6 Å². The lowest BCUT2D eigenvalue weighted by Crippen LogP contribution is -2.32. The lowest BCUT2D eigenvalue weighted by molar-refractivity contribution is -0.124. The Morgan fingerprint density at radius 3 is 2.47 bits per heavy atom. The number of ether oxygens (including phenoxy) is 1. The number of carbonyl (C=O) groups excluding carboxylic acids is 2. The molecule has 34 heavy (non-hydrogen) atoms. The van der Waals surface area contributed by atoms with Crippen molar-refractivity contribution in [1.82, 2.24) is 14.5 Å². The van der Waals surface area contributed by atoms with Crippen LogP contribution in [0.2, 0.25) is 0 Å². The van der Waals surface area contributed by atoms with Crippen molar-refractivity contribution in [3.05, 3.63) is 78.6 Å². The second-order valence-corrected chi connectivity index (χ2v) is 8.03. The summed E-state index contributed by atoms with van der Waals surface area (Å²) in [7, 11) is 0. The van der Waals surface area contributed by atoms with Gasteiger partial charge in [0, 0.05) is 34.0 Å². The maximum absolute atomic E-state index is 13.0. The van der Waals surface area contributed by atoms with Crippen LogP contribution in [0.3, 0.4) is 0 Å². The van der Waals surface area contributed by atoms with Gasteiger partial charge in [-0.05, 0) is 49.7 Å². The van der Waals surface area contributed by atoms with Crippen molar-refractivity contribution in [2.24, 2.45) is 0 Å². The van der Waals surface area contributed by atoms with Crippen LogP contribution in [0, 0.1) is 0 Å². The van der Waals surface area contributed by atoms with Crippen LogP contribution in [0.4, 0.5) is 5.69 Å². The van der Waals surface area contributed by atoms with Gasteiger partial charge in [0.1, 0.15) is 0 Å². The summed E-state index contributed by atoms with van der Waals surface area (Å²) in [5, 5.41) is 5.09. The van der Waals surface area contributed by atoms with Gasteiger partial charge in [-0.2, -0.15) is 0 Å². The molecular weight excluding hydrogens is 428 g/mol. The number of esters is 1. The summed E-state index contributed by atoms with van der Waals surface area (Å²) in [4.78, 5) is 34.2. The molecule has 7 nitrogen and oxygen atoms in total. The van der Waals surface area contributed by atoms with Gasteiger partial charge in [-0.1, -0.05) is 37.3 Å². The van der Waals surface area contributed by atoms with E-state index in [4.69, 9.17) is 4.74 Å². The molecule has 0 aliphatic heterocycles. The van der Waals surface area contributed by atoms with Crippen LogP contribution in [0.5, 0.6) is 0 Å². The minimum atomic E-state index is -0.951. The summed E-state index contributed by atoms with van der Waals surface area (Å²) in [6.07, 6.45) is 0.747. The number of para-hydroxylation sites is 3. The van der Waals surface area contributed by atoms with Gasteiger partial charge in [-0.3, -0.25) is 9.78 Å². The van der Waals surface area contributed by atoms with Gasteiger partial charge in [-0.25, -0.2) is 9.78 Å². The van der Waals surface area contributed by atoms with Gasteiger partial charge in [0.05, 0.1) is 17.2 Å². The Labute approximate surface area is 196 Å². The smallest absolute Gasteiger partial charge is 0.359 e. The van der Waals surface area contributed by atoms with Gasteiger partial charge in [0.15, 0.2) is 11.8 Å². The molecule has 5 rings (SSSR count). The fraction of sp³-hybridized carbons (Fsp3) is 0.185. The maximum Gasteiger partial charge on any atom is 0.359 e. The predicted molar refractivity (Wildman–Crippen MR) is 133 cm³/mol. The van der Waals surface area contributed by atoms with Gasteiger partial charge in [0.2, 0.25) is 0 Å². The van der Waals surface area contributed by atoms with Crippen molar-refractivity contribution in [2.45, 2.75) is 32.9 Å². The molecule has 5 aromatic rings. The average Bonchev–Trinajstić information content (AvgIpc) is 3.19. The zero-order valence-electron chi connectivity index (χ0n) is 19.0. The van der Waals surface area contributed by atoms with Crippen LogP contribution in [0.15, 0.2) is 72.9 Å². The number of amides is 1. The van der Waals surface area contributed by atoms with Crippen LogP contribution in [-0.2, 0) is 16.1 Å². The number of benzene rings is 3. The van der Waals surface area contributed by atoms with E-state index in [1.165, 1.54) is 6.20 Å². The van der Waals surface area contributed by atoms with Crippen LogP contribution in [-0.4, -0.2) is 32.5 Å². The SMILES string of the molecule is CCC(OC(=O)c1cnc2ccccc2n1)C(=O)Nc1ccc2c(c1)c1ccccc1n2CC. The monoisotopic (exact) mass is 452 g/mol. The number of rotatable bonds is 6. The largest absolute Gasteiger partial charge is 0.447 e. The highest BCUT2D eigenvalue weighted by Crippen LogP contribution is 2.31. The van der Waals surface area contributed by atoms with Crippen LogP contribution < -0.4 is 5.32 Å². The van der Waals surface area contributed by atoms with Crippen molar-refractivity contribution in [1.29, 1.82) is 0 Å². The molecule has 1 unspecified atom stereocenters. The molecule has 7 heteroatoms. The molecule has 0 bridgehead atoms. The lowest BCUT2D eigenvalue weighted by atomic mass is 10.1. The van der Waals surface area contributed by atoms with E-state index in [-0.39, 0.29) is 11.6 Å². The number of aromatic nitrogens is 3. The first-order valence-corrected chi connectivity index (χ1v) is 11.3. The second-order valence-electron chi connectivity index (χ2n) is 8.03. The Bertz CT molecular complexity index is 1540. The van der Waals surface area contributed by atoms with E-state index in [1.807, 2.05) is 48.5 Å². The molecule has 0 spiro atoms. The number of anilines is 1. The lowest BCUT2D eigenvalue weighted by Gasteiger charge is -2.16. The number of carbonyl (C=O) groups is 2. The highest BCUT2D eigenvalue weighted by atomic mass is 16.5. The Morgan fingerprint density at radius 1 is 0.941 bits per heavy atom. The molecule has 0 aliphatic carbocycles. The summed E-state index contributed by atoms with van der Waals surface area (Å²) in [6.45, 7) is 4.75. The molecule has 1 amide bonds. The van der Waals surface area contributed by atoms with Crippen molar-refractivity contribution >= 4 is 50.4 Å². The zero-order valence-corrected chi connectivity index (χ0v) is 19.0. The second kappa shape index (κ2) is 8.94. The molecule has 0 aliphatic rings. The summed E-state index contributed by atoms with van der Waals surface area (Å²) in [6, 6.07) is 21.3. The molecule has 2 heterocycles. The average molecular weight is 453 g/mol. The van der Waals surface area contributed by atoms with E-state index in [1.54, 1.807) is 13.0 Å². The maximum atomic E-state index is 13.0. The minimum absolute atomic E-state index is 0.0683. The van der Waals surface area contributed by atoms with E-state index >= 15 is 0 Å². The number of nitrogens with zero attached hydrogens (tertiary/aromatic N) is 3. The third-order valence-corrected chi connectivity index (χ3v) is 5.93. The standard InChI is InChI=1S/C27H24N4O3/c1-3-25(34-27(33)22-16-28-20-10-6-7-11-21(20)30-22)26(32)29-17-13-14-24-19(15-17)18-9-5-8-12-23(18)31(24)4-2/h5-16,25H,3-4H2,1-2H3,(H,29,32). The van der Waals surface area contributed by atoms with Gasteiger partial charge >= 0.3 is 5.97 Å². The normalized spacial score (nSPS) is 12.2. The summed E-state index contributed by atoms with van der Waals surface area (Å²) in [5.74, 6) is -1.06. The summed E-state index contributed by atoms with van der Waals surface area (Å²) in [5.41, 5.74) is 4.25. The van der Waals surface area contributed by atoms with Gasteiger partial charge in [-0.15, -0.1) is 0 Å². The third kappa shape index (κ3) is 3.85. The van der Waals surface area contributed by atoms with E-state index in [0.717, 1.165) is 28.4 Å².